The molecular formula is C17H26ClNO. The van der Waals surface area contributed by atoms with Gasteiger partial charge in [-0.25, -0.2) is 0 Å². The van der Waals surface area contributed by atoms with Crippen LogP contribution in [-0.4, -0.2) is 17.8 Å². The van der Waals surface area contributed by atoms with Crippen molar-refractivity contribution in [2.45, 2.75) is 54.0 Å². The Kier molecular flexibility index (Phi) is 5.64. The minimum Gasteiger partial charge on any atom is -0.349 e. The van der Waals surface area contributed by atoms with E-state index in [1.165, 1.54) is 5.56 Å². The van der Waals surface area contributed by atoms with Crippen molar-refractivity contribution < 1.29 is 4.79 Å². The lowest BCUT2D eigenvalue weighted by Gasteiger charge is -2.31. The Morgan fingerprint density at radius 1 is 1.20 bits per heavy atom. The molecule has 112 valence electrons. The van der Waals surface area contributed by atoms with Crippen molar-refractivity contribution in [1.82, 2.24) is 5.32 Å². The second kappa shape index (κ2) is 6.62. The van der Waals surface area contributed by atoms with Crippen molar-refractivity contribution in [1.29, 1.82) is 0 Å². The van der Waals surface area contributed by atoms with E-state index in [1.54, 1.807) is 0 Å². The highest BCUT2D eigenvalue weighted by Gasteiger charge is 2.26. The molecule has 1 unspecified atom stereocenters. The maximum absolute atomic E-state index is 12.6. The molecule has 1 rings (SSSR count). The fourth-order valence-electron chi connectivity index (χ4n) is 2.60. The first kappa shape index (κ1) is 17.0. The number of carbonyl (C=O) groups excluding carboxylic acids is 1. The lowest BCUT2D eigenvalue weighted by Crippen LogP contribution is -2.44. The maximum Gasteiger partial charge on any atom is 0.252 e. The summed E-state index contributed by atoms with van der Waals surface area (Å²) in [5.74, 6) is 0.554. The van der Waals surface area contributed by atoms with E-state index < -0.39 is 0 Å². The predicted octanol–water partition coefficient (Wildman–Crippen LogP) is 4.39. The topological polar surface area (TPSA) is 29.1 Å². The minimum absolute atomic E-state index is 0.00292. The average molecular weight is 296 g/mol. The molecule has 1 N–H and O–H groups in total. The van der Waals surface area contributed by atoms with Gasteiger partial charge in [-0.1, -0.05) is 38.5 Å². The van der Waals surface area contributed by atoms with Crippen molar-refractivity contribution >= 4 is 17.5 Å². The first-order valence-corrected chi connectivity index (χ1v) is 7.65. The van der Waals surface area contributed by atoms with E-state index in [2.05, 4.69) is 38.2 Å². The summed E-state index contributed by atoms with van der Waals surface area (Å²) in [6.45, 7) is 12.4. The van der Waals surface area contributed by atoms with Crippen LogP contribution >= 0.6 is 11.6 Å². The maximum atomic E-state index is 12.6. The number of carbonyl (C=O) groups is 1. The molecule has 0 aliphatic heterocycles. The Morgan fingerprint density at radius 3 is 2.10 bits per heavy atom. The fraction of sp³-hybridized carbons (Fsp3) is 0.588. The monoisotopic (exact) mass is 295 g/mol. The summed E-state index contributed by atoms with van der Waals surface area (Å²) in [6.07, 6.45) is 0.779. The van der Waals surface area contributed by atoms with Gasteiger partial charge in [0.1, 0.15) is 0 Å². The zero-order valence-electron chi connectivity index (χ0n) is 13.4. The van der Waals surface area contributed by atoms with Gasteiger partial charge < -0.3 is 5.32 Å². The molecule has 0 saturated carbocycles. The first-order chi connectivity index (χ1) is 9.16. The van der Waals surface area contributed by atoms with Gasteiger partial charge in [-0.2, -0.15) is 0 Å². The van der Waals surface area contributed by atoms with Gasteiger partial charge in [0.05, 0.1) is 0 Å². The Balaban J connectivity index is 3.01. The van der Waals surface area contributed by atoms with E-state index in [-0.39, 0.29) is 17.4 Å². The molecule has 0 saturated heterocycles. The van der Waals surface area contributed by atoms with Crippen molar-refractivity contribution in [3.8, 4) is 0 Å². The highest BCUT2D eigenvalue weighted by atomic mass is 35.5. The first-order valence-electron chi connectivity index (χ1n) is 7.11. The molecule has 0 aromatic heterocycles. The summed E-state index contributed by atoms with van der Waals surface area (Å²) in [6, 6.07) is 4.18. The molecule has 3 heteroatoms. The third kappa shape index (κ3) is 4.24. The summed E-state index contributed by atoms with van der Waals surface area (Å²) in [5, 5.41) is 3.15. The molecule has 0 heterocycles. The third-order valence-electron chi connectivity index (χ3n) is 3.65. The standard InChI is InChI=1S/C17H26ClNO/c1-11-9-12(2)15(13(3)10-11)16(20)19-14(7-8-18)17(4,5)6/h9-10,14H,7-8H2,1-6H3,(H,19,20). The van der Waals surface area contributed by atoms with Crippen molar-refractivity contribution in [2.75, 3.05) is 5.88 Å². The molecule has 20 heavy (non-hydrogen) atoms. The second-order valence-electron chi connectivity index (χ2n) is 6.64. The lowest BCUT2D eigenvalue weighted by molar-refractivity contribution is 0.0899. The van der Waals surface area contributed by atoms with E-state index >= 15 is 0 Å². The van der Waals surface area contributed by atoms with Crippen LogP contribution in [0.4, 0.5) is 0 Å². The Labute approximate surface area is 127 Å². The number of halogens is 1. The highest BCUT2D eigenvalue weighted by Crippen LogP contribution is 2.24. The number of hydrogen-bond donors (Lipinski definition) is 1. The van der Waals surface area contributed by atoms with Crippen LogP contribution in [0.25, 0.3) is 0 Å². The molecule has 1 amide bonds. The number of nitrogens with one attached hydrogen (secondary N) is 1. The molecule has 0 aliphatic carbocycles. The predicted molar refractivity (Wildman–Crippen MR) is 86.7 cm³/mol. The van der Waals surface area contributed by atoms with Crippen molar-refractivity contribution in [3.63, 3.8) is 0 Å². The van der Waals surface area contributed by atoms with Gasteiger partial charge in [-0.05, 0) is 43.7 Å². The van der Waals surface area contributed by atoms with Crippen LogP contribution in [-0.2, 0) is 0 Å². The number of rotatable bonds is 4. The number of hydrogen-bond acceptors (Lipinski definition) is 1. The van der Waals surface area contributed by atoms with Crippen molar-refractivity contribution in [3.05, 3.63) is 34.4 Å². The summed E-state index contributed by atoms with van der Waals surface area (Å²) < 4.78 is 0. The van der Waals surface area contributed by atoms with Crippen LogP contribution in [0, 0.1) is 26.2 Å². The molecule has 1 aromatic carbocycles. The Bertz CT molecular complexity index is 465. The molecule has 1 aromatic rings. The van der Waals surface area contributed by atoms with E-state index in [9.17, 15) is 4.79 Å². The molecule has 1 atom stereocenters. The van der Waals surface area contributed by atoms with E-state index in [0.29, 0.717) is 5.88 Å². The van der Waals surface area contributed by atoms with Gasteiger partial charge in [0, 0.05) is 17.5 Å². The van der Waals surface area contributed by atoms with E-state index in [1.807, 2.05) is 20.8 Å². The molecule has 0 fully saturated rings. The summed E-state index contributed by atoms with van der Waals surface area (Å²) in [4.78, 5) is 12.6. The van der Waals surface area contributed by atoms with Crippen LogP contribution in [0.3, 0.4) is 0 Å². The molecule has 2 nitrogen and oxygen atoms in total. The van der Waals surface area contributed by atoms with E-state index in [0.717, 1.165) is 23.1 Å². The van der Waals surface area contributed by atoms with Gasteiger partial charge in [0.25, 0.3) is 5.91 Å². The number of amides is 1. The number of benzene rings is 1. The van der Waals surface area contributed by atoms with Crippen LogP contribution < -0.4 is 5.32 Å². The Hall–Kier alpha value is -1.02. The third-order valence-corrected chi connectivity index (χ3v) is 3.87. The zero-order valence-corrected chi connectivity index (χ0v) is 14.2. The van der Waals surface area contributed by atoms with Gasteiger partial charge in [-0.3, -0.25) is 4.79 Å². The molecular weight excluding hydrogens is 270 g/mol. The number of aryl methyl sites for hydroxylation is 3. The largest absolute Gasteiger partial charge is 0.349 e. The molecule has 0 spiro atoms. The number of alkyl halides is 1. The lowest BCUT2D eigenvalue weighted by atomic mass is 9.84. The van der Waals surface area contributed by atoms with Gasteiger partial charge in [-0.15, -0.1) is 11.6 Å². The summed E-state index contributed by atoms with van der Waals surface area (Å²) >= 11 is 5.86. The van der Waals surface area contributed by atoms with Gasteiger partial charge in [0.2, 0.25) is 0 Å². The molecule has 0 radical (unpaired) electrons. The highest BCUT2D eigenvalue weighted by molar-refractivity contribution is 6.17. The van der Waals surface area contributed by atoms with Crippen LogP contribution in [0.1, 0.15) is 54.2 Å². The minimum atomic E-state index is -0.00292. The Morgan fingerprint density at radius 2 is 1.70 bits per heavy atom. The normalized spacial score (nSPS) is 13.2. The van der Waals surface area contributed by atoms with Gasteiger partial charge >= 0.3 is 0 Å². The second-order valence-corrected chi connectivity index (χ2v) is 7.02. The van der Waals surface area contributed by atoms with Crippen LogP contribution in [0.2, 0.25) is 0 Å². The summed E-state index contributed by atoms with van der Waals surface area (Å²) in [7, 11) is 0. The molecule has 0 aliphatic rings. The van der Waals surface area contributed by atoms with Crippen LogP contribution in [0.5, 0.6) is 0 Å². The van der Waals surface area contributed by atoms with Crippen molar-refractivity contribution in [2.24, 2.45) is 5.41 Å². The molecule has 0 bridgehead atoms. The fourth-order valence-corrected chi connectivity index (χ4v) is 2.82. The van der Waals surface area contributed by atoms with Gasteiger partial charge in [0.15, 0.2) is 0 Å². The van der Waals surface area contributed by atoms with E-state index in [4.69, 9.17) is 11.6 Å². The summed E-state index contributed by atoms with van der Waals surface area (Å²) in [5.41, 5.74) is 4.03. The SMILES string of the molecule is Cc1cc(C)c(C(=O)NC(CCCl)C(C)(C)C)c(C)c1. The zero-order chi connectivity index (χ0) is 15.5. The quantitative estimate of drug-likeness (QED) is 0.820. The smallest absolute Gasteiger partial charge is 0.252 e. The average Bonchev–Trinajstić information content (AvgIpc) is 2.25. The van der Waals surface area contributed by atoms with Crippen LogP contribution in [0.15, 0.2) is 12.1 Å².